The van der Waals surface area contributed by atoms with Gasteiger partial charge in [0.1, 0.15) is 0 Å². The molecular formula is C13H14N2OS. The van der Waals surface area contributed by atoms with E-state index in [0.29, 0.717) is 5.92 Å². The first-order valence-electron chi connectivity index (χ1n) is 5.77. The highest BCUT2D eigenvalue weighted by Crippen LogP contribution is 2.29. The molecule has 0 radical (unpaired) electrons. The summed E-state index contributed by atoms with van der Waals surface area (Å²) in [4.78, 5) is 4.61. The Balaban J connectivity index is 1.72. The first-order chi connectivity index (χ1) is 8.42. The van der Waals surface area contributed by atoms with E-state index in [4.69, 9.17) is 4.74 Å². The highest BCUT2D eigenvalue weighted by Gasteiger charge is 2.20. The van der Waals surface area contributed by atoms with Crippen LogP contribution in [-0.4, -0.2) is 18.2 Å². The molecule has 17 heavy (non-hydrogen) atoms. The van der Waals surface area contributed by atoms with Gasteiger partial charge in [0.2, 0.25) is 0 Å². The van der Waals surface area contributed by atoms with Crippen molar-refractivity contribution < 1.29 is 4.74 Å². The van der Waals surface area contributed by atoms with Crippen LogP contribution in [-0.2, 0) is 4.74 Å². The van der Waals surface area contributed by atoms with Crippen LogP contribution in [0.2, 0.25) is 0 Å². The molecule has 2 heterocycles. The Bertz CT molecular complexity index is 477. The first kappa shape index (κ1) is 10.7. The summed E-state index contributed by atoms with van der Waals surface area (Å²) in [7, 11) is 0. The van der Waals surface area contributed by atoms with E-state index in [-0.39, 0.29) is 0 Å². The number of thiazole rings is 1. The van der Waals surface area contributed by atoms with Crippen LogP contribution < -0.4 is 5.32 Å². The van der Waals surface area contributed by atoms with E-state index in [1.54, 1.807) is 11.3 Å². The molecule has 1 atom stereocenters. The molecule has 88 valence electrons. The van der Waals surface area contributed by atoms with Crippen LogP contribution in [0.3, 0.4) is 0 Å². The molecule has 0 bridgehead atoms. The number of nitrogens with zero attached hydrogens (tertiary/aromatic N) is 1. The van der Waals surface area contributed by atoms with E-state index >= 15 is 0 Å². The van der Waals surface area contributed by atoms with Crippen LogP contribution in [0.15, 0.2) is 35.7 Å². The minimum absolute atomic E-state index is 0.484. The molecule has 1 aromatic carbocycles. The zero-order valence-electron chi connectivity index (χ0n) is 9.43. The summed E-state index contributed by atoms with van der Waals surface area (Å²) in [5.41, 5.74) is 2.24. The molecular weight excluding hydrogens is 232 g/mol. The third-order valence-corrected chi connectivity index (χ3v) is 3.67. The average molecular weight is 246 g/mol. The van der Waals surface area contributed by atoms with Crippen molar-refractivity contribution in [3.8, 4) is 0 Å². The lowest BCUT2D eigenvalue weighted by Gasteiger charge is -2.03. The molecule has 1 aliphatic rings. The van der Waals surface area contributed by atoms with Gasteiger partial charge in [0.15, 0.2) is 5.13 Å². The molecule has 0 aliphatic carbocycles. The maximum Gasteiger partial charge on any atom is 0.187 e. The van der Waals surface area contributed by atoms with Crippen molar-refractivity contribution >= 4 is 22.2 Å². The van der Waals surface area contributed by atoms with Crippen molar-refractivity contribution in [3.63, 3.8) is 0 Å². The van der Waals surface area contributed by atoms with Crippen molar-refractivity contribution in [2.75, 3.05) is 18.5 Å². The maximum absolute atomic E-state index is 5.38. The topological polar surface area (TPSA) is 34.2 Å². The van der Waals surface area contributed by atoms with Gasteiger partial charge in [-0.1, -0.05) is 18.2 Å². The SMILES string of the molecule is c1ccc(Nc2nc(C3CCOC3)cs2)cc1. The second-order valence-electron chi connectivity index (χ2n) is 4.13. The Kier molecular flexibility index (Phi) is 3.07. The second-order valence-corrected chi connectivity index (χ2v) is 4.99. The van der Waals surface area contributed by atoms with Crippen molar-refractivity contribution in [1.29, 1.82) is 0 Å². The molecule has 1 aliphatic heterocycles. The van der Waals surface area contributed by atoms with Gasteiger partial charge < -0.3 is 10.1 Å². The fourth-order valence-corrected chi connectivity index (χ4v) is 2.76. The Morgan fingerprint density at radius 3 is 2.94 bits per heavy atom. The molecule has 4 heteroatoms. The van der Waals surface area contributed by atoms with Gasteiger partial charge in [0.25, 0.3) is 0 Å². The largest absolute Gasteiger partial charge is 0.381 e. The Hall–Kier alpha value is -1.39. The smallest absolute Gasteiger partial charge is 0.187 e. The fourth-order valence-electron chi connectivity index (χ4n) is 1.94. The first-order valence-corrected chi connectivity index (χ1v) is 6.65. The van der Waals surface area contributed by atoms with Crippen LogP contribution in [0.25, 0.3) is 0 Å². The zero-order chi connectivity index (χ0) is 11.5. The predicted octanol–water partition coefficient (Wildman–Crippen LogP) is 3.39. The minimum atomic E-state index is 0.484. The Morgan fingerprint density at radius 2 is 2.18 bits per heavy atom. The van der Waals surface area contributed by atoms with Crippen molar-refractivity contribution in [3.05, 3.63) is 41.4 Å². The predicted molar refractivity (Wildman–Crippen MR) is 70.0 cm³/mol. The highest BCUT2D eigenvalue weighted by molar-refractivity contribution is 7.13. The third kappa shape index (κ3) is 2.48. The average Bonchev–Trinajstić information content (AvgIpc) is 3.00. The van der Waals surface area contributed by atoms with E-state index in [1.807, 2.05) is 30.3 Å². The molecule has 1 unspecified atom stereocenters. The van der Waals surface area contributed by atoms with E-state index in [1.165, 1.54) is 0 Å². The second kappa shape index (κ2) is 4.85. The van der Waals surface area contributed by atoms with Gasteiger partial charge in [-0.05, 0) is 18.6 Å². The molecule has 2 aromatic rings. The standard InChI is InChI=1S/C13H14N2OS/c1-2-4-11(5-3-1)14-13-15-12(9-17-13)10-6-7-16-8-10/h1-5,9-10H,6-8H2,(H,14,15). The maximum atomic E-state index is 5.38. The van der Waals surface area contributed by atoms with Gasteiger partial charge in [-0.3, -0.25) is 0 Å². The van der Waals surface area contributed by atoms with Crippen molar-refractivity contribution in [1.82, 2.24) is 4.98 Å². The number of aromatic nitrogens is 1. The summed E-state index contributed by atoms with van der Waals surface area (Å²) in [5, 5.41) is 6.40. The summed E-state index contributed by atoms with van der Waals surface area (Å²) >= 11 is 1.65. The fraction of sp³-hybridized carbons (Fsp3) is 0.308. The molecule has 1 saturated heterocycles. The number of para-hydroxylation sites is 1. The quantitative estimate of drug-likeness (QED) is 0.901. The molecule has 0 spiro atoms. The number of anilines is 2. The molecule has 1 aromatic heterocycles. The molecule has 3 nitrogen and oxygen atoms in total. The van der Waals surface area contributed by atoms with Crippen LogP contribution >= 0.6 is 11.3 Å². The Morgan fingerprint density at radius 1 is 1.29 bits per heavy atom. The van der Waals surface area contributed by atoms with Gasteiger partial charge in [-0.2, -0.15) is 0 Å². The zero-order valence-corrected chi connectivity index (χ0v) is 10.2. The van der Waals surface area contributed by atoms with E-state index in [9.17, 15) is 0 Å². The van der Waals surface area contributed by atoms with Gasteiger partial charge in [0, 0.05) is 23.6 Å². The molecule has 3 rings (SSSR count). The molecule has 1 fully saturated rings. The summed E-state index contributed by atoms with van der Waals surface area (Å²) in [5.74, 6) is 0.484. The number of ether oxygens (including phenoxy) is 1. The number of benzene rings is 1. The molecule has 0 saturated carbocycles. The lowest BCUT2D eigenvalue weighted by atomic mass is 10.1. The summed E-state index contributed by atoms with van der Waals surface area (Å²) in [6.45, 7) is 1.68. The number of nitrogens with one attached hydrogen (secondary N) is 1. The van der Waals surface area contributed by atoms with Crippen LogP contribution in [0.5, 0.6) is 0 Å². The summed E-state index contributed by atoms with van der Waals surface area (Å²) < 4.78 is 5.38. The van der Waals surface area contributed by atoms with Gasteiger partial charge in [-0.15, -0.1) is 11.3 Å². The minimum Gasteiger partial charge on any atom is -0.381 e. The van der Waals surface area contributed by atoms with Crippen molar-refractivity contribution in [2.45, 2.75) is 12.3 Å². The van der Waals surface area contributed by atoms with Gasteiger partial charge >= 0.3 is 0 Å². The number of hydrogen-bond donors (Lipinski definition) is 1. The summed E-state index contributed by atoms with van der Waals surface area (Å²) in [6.07, 6.45) is 1.09. The van der Waals surface area contributed by atoms with Crippen LogP contribution in [0.1, 0.15) is 18.0 Å². The van der Waals surface area contributed by atoms with Crippen molar-refractivity contribution in [2.24, 2.45) is 0 Å². The third-order valence-electron chi connectivity index (χ3n) is 2.89. The summed E-state index contributed by atoms with van der Waals surface area (Å²) in [6, 6.07) is 10.1. The number of rotatable bonds is 3. The number of hydrogen-bond acceptors (Lipinski definition) is 4. The van der Waals surface area contributed by atoms with Crippen LogP contribution in [0, 0.1) is 0 Å². The molecule has 0 amide bonds. The normalized spacial score (nSPS) is 19.4. The monoisotopic (exact) mass is 246 g/mol. The van der Waals surface area contributed by atoms with E-state index in [0.717, 1.165) is 36.1 Å². The van der Waals surface area contributed by atoms with Crippen LogP contribution in [0.4, 0.5) is 10.8 Å². The lowest BCUT2D eigenvalue weighted by molar-refractivity contribution is 0.193. The molecule has 1 N–H and O–H groups in total. The Labute approximate surface area is 104 Å². The van der Waals surface area contributed by atoms with Gasteiger partial charge in [0.05, 0.1) is 12.3 Å². The van der Waals surface area contributed by atoms with E-state index in [2.05, 4.69) is 15.7 Å². The van der Waals surface area contributed by atoms with Gasteiger partial charge in [-0.25, -0.2) is 4.98 Å². The lowest BCUT2D eigenvalue weighted by Crippen LogP contribution is -1.98. The van der Waals surface area contributed by atoms with E-state index < -0.39 is 0 Å². The highest BCUT2D eigenvalue weighted by atomic mass is 32.1.